The number of aryl methyl sites for hydroxylation is 1. The standard InChI is InChI=1S/C24H24N6O.2H2/c1-16-13-26-23(15-25-16)29-19-8-7-18(12-19)28-22-10-9-20(14-27-22)30-21-5-3-2-4-17(21)6-11-24(30)31;;/h2-6,9-11,13-15,18-19H,7-8,12H2,1H3,(H,26,29)(H,27,28);2*1H/t18-,19-;;/m0../s1. The van der Waals surface area contributed by atoms with E-state index in [0.29, 0.717) is 12.1 Å². The fourth-order valence-electron chi connectivity index (χ4n) is 4.19. The third kappa shape index (κ3) is 4.12. The normalized spacial score (nSPS) is 18.2. The molecule has 0 spiro atoms. The molecule has 0 saturated heterocycles. The molecule has 1 aliphatic carbocycles. The Balaban J connectivity index is 0.00000153. The Kier molecular flexibility index (Phi) is 5.08. The second-order valence-electron chi connectivity index (χ2n) is 8.01. The van der Waals surface area contributed by atoms with Crippen LogP contribution in [0.2, 0.25) is 0 Å². The Morgan fingerprint density at radius 2 is 1.65 bits per heavy atom. The highest BCUT2D eigenvalue weighted by atomic mass is 16.1. The van der Waals surface area contributed by atoms with Crippen molar-refractivity contribution in [3.05, 3.63) is 83.2 Å². The molecule has 1 saturated carbocycles. The fourth-order valence-corrected chi connectivity index (χ4v) is 4.19. The molecule has 3 heterocycles. The number of hydrogen-bond donors (Lipinski definition) is 2. The third-order valence-corrected chi connectivity index (χ3v) is 5.73. The summed E-state index contributed by atoms with van der Waals surface area (Å²) in [5.74, 6) is 1.64. The minimum atomic E-state index is -0.0647. The number of nitrogens with zero attached hydrogens (tertiary/aromatic N) is 4. The number of pyridine rings is 2. The molecule has 0 radical (unpaired) electrons. The van der Waals surface area contributed by atoms with E-state index in [1.165, 1.54) is 0 Å². The highest BCUT2D eigenvalue weighted by Gasteiger charge is 2.25. The number of fused-ring (bicyclic) bond motifs is 1. The van der Waals surface area contributed by atoms with E-state index in [4.69, 9.17) is 0 Å². The second kappa shape index (κ2) is 8.18. The maximum atomic E-state index is 12.5. The van der Waals surface area contributed by atoms with Gasteiger partial charge in [-0.2, -0.15) is 0 Å². The van der Waals surface area contributed by atoms with Crippen LogP contribution < -0.4 is 16.2 Å². The van der Waals surface area contributed by atoms with E-state index in [2.05, 4.69) is 25.6 Å². The first-order valence-corrected chi connectivity index (χ1v) is 10.5. The average molecular weight is 417 g/mol. The molecule has 1 fully saturated rings. The largest absolute Gasteiger partial charge is 0.367 e. The molecule has 7 heteroatoms. The van der Waals surface area contributed by atoms with Crippen LogP contribution in [0.5, 0.6) is 0 Å². The molecule has 3 aromatic heterocycles. The molecule has 0 amide bonds. The van der Waals surface area contributed by atoms with Crippen molar-refractivity contribution in [3.8, 4) is 5.69 Å². The van der Waals surface area contributed by atoms with Gasteiger partial charge in [-0.1, -0.05) is 18.2 Å². The summed E-state index contributed by atoms with van der Waals surface area (Å²) < 4.78 is 1.70. The summed E-state index contributed by atoms with van der Waals surface area (Å²) in [7, 11) is 0. The van der Waals surface area contributed by atoms with E-state index >= 15 is 0 Å². The van der Waals surface area contributed by atoms with Crippen LogP contribution in [0.3, 0.4) is 0 Å². The smallest absolute Gasteiger partial charge is 0.255 e. The fraction of sp³-hybridized carbons (Fsp3) is 0.250. The Labute approximate surface area is 183 Å². The molecule has 0 unspecified atom stereocenters. The molecule has 160 valence electrons. The summed E-state index contributed by atoms with van der Waals surface area (Å²) in [6.45, 7) is 1.93. The minimum Gasteiger partial charge on any atom is -0.367 e. The molecule has 0 bridgehead atoms. The molecule has 31 heavy (non-hydrogen) atoms. The van der Waals surface area contributed by atoms with E-state index in [9.17, 15) is 4.79 Å². The number of hydrogen-bond acceptors (Lipinski definition) is 6. The highest BCUT2D eigenvalue weighted by Crippen LogP contribution is 2.25. The number of benzene rings is 1. The van der Waals surface area contributed by atoms with Gasteiger partial charge in [-0.05, 0) is 55.8 Å². The first-order valence-electron chi connectivity index (χ1n) is 10.5. The van der Waals surface area contributed by atoms with E-state index < -0.39 is 0 Å². The molecular weight excluding hydrogens is 388 g/mol. The zero-order valence-electron chi connectivity index (χ0n) is 17.3. The summed E-state index contributed by atoms with van der Waals surface area (Å²) in [5, 5.41) is 8.01. The van der Waals surface area contributed by atoms with Crippen molar-refractivity contribution in [2.75, 3.05) is 10.6 Å². The van der Waals surface area contributed by atoms with Gasteiger partial charge in [-0.3, -0.25) is 14.3 Å². The lowest BCUT2D eigenvalue weighted by molar-refractivity contribution is 0.719. The molecule has 4 aromatic rings. The number of para-hydroxylation sites is 1. The lowest BCUT2D eigenvalue weighted by Crippen LogP contribution is -2.22. The third-order valence-electron chi connectivity index (χ3n) is 5.73. The SMILES string of the molecule is Cc1cnc(N[C@H]2CC[C@H](Nc3ccc(-n4c(=O)ccc5ccccc54)cn3)C2)cn1.[HH].[HH]. The summed E-state index contributed by atoms with van der Waals surface area (Å²) >= 11 is 0. The van der Waals surface area contributed by atoms with Crippen LogP contribution in [0.4, 0.5) is 11.6 Å². The number of aromatic nitrogens is 4. The Morgan fingerprint density at radius 1 is 0.871 bits per heavy atom. The second-order valence-corrected chi connectivity index (χ2v) is 8.01. The van der Waals surface area contributed by atoms with Gasteiger partial charge in [0.15, 0.2) is 0 Å². The Bertz CT molecular complexity index is 1260. The molecule has 0 aliphatic heterocycles. The minimum absolute atomic E-state index is 0. The topological polar surface area (TPSA) is 84.7 Å². The van der Waals surface area contributed by atoms with Gasteiger partial charge in [0.2, 0.25) is 0 Å². The molecule has 2 N–H and O–H groups in total. The number of rotatable bonds is 5. The zero-order chi connectivity index (χ0) is 21.2. The van der Waals surface area contributed by atoms with Crippen LogP contribution in [-0.4, -0.2) is 31.6 Å². The highest BCUT2D eigenvalue weighted by molar-refractivity contribution is 5.80. The van der Waals surface area contributed by atoms with Crippen molar-refractivity contribution in [1.82, 2.24) is 19.5 Å². The monoisotopic (exact) mass is 416 g/mol. The van der Waals surface area contributed by atoms with Gasteiger partial charge >= 0.3 is 0 Å². The summed E-state index contributed by atoms with van der Waals surface area (Å²) in [6.07, 6.45) is 8.43. The van der Waals surface area contributed by atoms with Crippen LogP contribution in [0, 0.1) is 6.92 Å². The quantitative estimate of drug-likeness (QED) is 0.501. The number of nitrogens with one attached hydrogen (secondary N) is 2. The van der Waals surface area contributed by atoms with Crippen molar-refractivity contribution in [3.63, 3.8) is 0 Å². The van der Waals surface area contributed by atoms with Gasteiger partial charge in [-0.25, -0.2) is 9.97 Å². The summed E-state index contributed by atoms with van der Waals surface area (Å²) in [5.41, 5.74) is 2.49. The van der Waals surface area contributed by atoms with E-state index in [1.54, 1.807) is 29.2 Å². The van der Waals surface area contributed by atoms with E-state index in [0.717, 1.165) is 53.2 Å². The van der Waals surface area contributed by atoms with Gasteiger partial charge < -0.3 is 10.6 Å². The van der Waals surface area contributed by atoms with Gasteiger partial charge in [0.05, 0.1) is 35.5 Å². The molecule has 1 aliphatic rings. The van der Waals surface area contributed by atoms with Crippen LogP contribution in [0.15, 0.2) is 71.9 Å². The zero-order valence-corrected chi connectivity index (χ0v) is 17.3. The maximum absolute atomic E-state index is 12.5. The van der Waals surface area contributed by atoms with Crippen molar-refractivity contribution >= 4 is 22.5 Å². The molecule has 1 aromatic carbocycles. The number of anilines is 2. The molecule has 7 nitrogen and oxygen atoms in total. The maximum Gasteiger partial charge on any atom is 0.255 e. The first kappa shape index (κ1) is 19.2. The average Bonchev–Trinajstić information content (AvgIpc) is 3.23. The molecule has 2 atom stereocenters. The predicted molar refractivity (Wildman–Crippen MR) is 127 cm³/mol. The summed E-state index contributed by atoms with van der Waals surface area (Å²) in [4.78, 5) is 25.8. The van der Waals surface area contributed by atoms with Crippen LogP contribution in [-0.2, 0) is 0 Å². The molecular formula is C24H28N6O. The van der Waals surface area contributed by atoms with E-state index in [-0.39, 0.29) is 8.41 Å². The first-order chi connectivity index (χ1) is 15.2. The van der Waals surface area contributed by atoms with Crippen LogP contribution in [0.25, 0.3) is 16.6 Å². The Hall–Kier alpha value is -3.74. The van der Waals surface area contributed by atoms with Gasteiger partial charge in [-0.15, -0.1) is 0 Å². The molecule has 5 rings (SSSR count). The predicted octanol–water partition coefficient (Wildman–Crippen LogP) is 4.42. The van der Waals surface area contributed by atoms with E-state index in [1.807, 2.05) is 49.4 Å². The van der Waals surface area contributed by atoms with Crippen molar-refractivity contribution in [2.45, 2.75) is 38.3 Å². The lowest BCUT2D eigenvalue weighted by Gasteiger charge is -2.16. The lowest BCUT2D eigenvalue weighted by atomic mass is 10.2. The summed E-state index contributed by atoms with van der Waals surface area (Å²) in [6, 6.07) is 15.9. The van der Waals surface area contributed by atoms with Crippen LogP contribution >= 0.6 is 0 Å². The van der Waals surface area contributed by atoms with Gasteiger partial charge in [0.1, 0.15) is 11.6 Å². The Morgan fingerprint density at radius 3 is 2.39 bits per heavy atom. The van der Waals surface area contributed by atoms with Gasteiger partial charge in [0.25, 0.3) is 5.56 Å². The van der Waals surface area contributed by atoms with Crippen molar-refractivity contribution in [1.29, 1.82) is 0 Å². The van der Waals surface area contributed by atoms with Crippen molar-refractivity contribution in [2.24, 2.45) is 0 Å². The van der Waals surface area contributed by atoms with Gasteiger partial charge in [0, 0.05) is 21.0 Å². The van der Waals surface area contributed by atoms with Crippen molar-refractivity contribution < 1.29 is 2.85 Å². The van der Waals surface area contributed by atoms with Crippen LogP contribution in [0.1, 0.15) is 27.8 Å².